The van der Waals surface area contributed by atoms with Crippen LogP contribution >= 0.6 is 0 Å². The minimum Gasteiger partial charge on any atom is -1.00 e. The van der Waals surface area contributed by atoms with Crippen molar-refractivity contribution in [2.75, 3.05) is 14.1 Å². The minimum atomic E-state index is 0. The van der Waals surface area contributed by atoms with Crippen molar-refractivity contribution in [2.45, 2.75) is 39.0 Å². The molecule has 0 saturated heterocycles. The predicted molar refractivity (Wildman–Crippen MR) is 98.6 cm³/mol. The molecular weight excluding hydrogens is 443 g/mol. The Bertz CT molecular complexity index is 298. The standard InChI is InChI=1S/2C5H5.2C2H6Si.2CH4N.2ClH.2Ti/c2*1-2-4-5-3-1;2*1-3-2;2*1-2;;;;/h2*1-3H,4H2;2*1-2H3;2*2H,1H3;2*1H;;/q2*-1;;;2*-1;;;2*+2/p-2. The first-order valence-corrected chi connectivity index (χ1v) is 16.6. The summed E-state index contributed by atoms with van der Waals surface area (Å²) in [6.07, 6.45) is 20.2. The Labute approximate surface area is 187 Å². The number of allylic oxidation sites excluding steroid dienone is 8. The molecule has 0 aromatic heterocycles. The van der Waals surface area contributed by atoms with Crippen molar-refractivity contribution in [3.63, 3.8) is 0 Å². The second-order valence-electron chi connectivity index (χ2n) is 4.01. The summed E-state index contributed by atoms with van der Waals surface area (Å²) >= 11 is 4.54. The zero-order valence-electron chi connectivity index (χ0n) is 15.6. The van der Waals surface area contributed by atoms with Crippen LogP contribution < -0.4 is 24.8 Å². The van der Waals surface area contributed by atoms with E-state index in [4.69, 9.17) is 11.5 Å². The number of halogens is 2. The molecule has 0 unspecified atom stereocenters. The molecule has 0 heterocycles. The monoisotopic (exact) mass is 472 g/mol. The van der Waals surface area contributed by atoms with E-state index >= 15 is 0 Å². The van der Waals surface area contributed by atoms with E-state index < -0.39 is 0 Å². The van der Waals surface area contributed by atoms with Crippen molar-refractivity contribution in [1.82, 2.24) is 0 Å². The summed E-state index contributed by atoms with van der Waals surface area (Å²) in [5.41, 5.74) is 11.5. The maximum Gasteiger partial charge on any atom is -0.109 e. The SMILES string of the molecule is C[NH-].C[NH-].C[Si](C)=[Ti+2].C[Si](C)=[Ti+2].[C-]1=CC=CC1.[C-]1=CC=CC1.[Cl-].[Cl-]. The predicted octanol–water partition coefficient (Wildman–Crippen LogP) is -0.475. The van der Waals surface area contributed by atoms with Gasteiger partial charge in [-0.1, -0.05) is 0 Å². The molecule has 0 amide bonds. The van der Waals surface area contributed by atoms with Crippen LogP contribution in [0, 0.1) is 12.2 Å². The summed E-state index contributed by atoms with van der Waals surface area (Å²) in [5, 5.41) is 0. The number of rotatable bonds is 0. The van der Waals surface area contributed by atoms with Gasteiger partial charge in [0.25, 0.3) is 0 Å². The van der Waals surface area contributed by atoms with Gasteiger partial charge in [-0.2, -0.15) is 26.2 Å². The Kier molecular flexibility index (Phi) is 73.7. The summed E-state index contributed by atoms with van der Waals surface area (Å²) in [4.78, 5) is 0. The molecule has 0 bridgehead atoms. The molecule has 0 radical (unpaired) electrons. The Balaban J connectivity index is -0.0000000413. The topological polar surface area (TPSA) is 47.6 Å². The smallest absolute Gasteiger partial charge is 0.109 e. The van der Waals surface area contributed by atoms with Crippen LogP contribution in [0.5, 0.6) is 0 Å². The summed E-state index contributed by atoms with van der Waals surface area (Å²) in [7, 11) is 2.50. The van der Waals surface area contributed by atoms with Crippen LogP contribution in [-0.2, 0) is 38.3 Å². The van der Waals surface area contributed by atoms with Crippen LogP contribution in [0.2, 0.25) is 26.2 Å². The molecule has 8 heteroatoms. The third-order valence-electron chi connectivity index (χ3n) is 1.17. The van der Waals surface area contributed by atoms with Crippen LogP contribution in [0.1, 0.15) is 12.8 Å². The Morgan fingerprint density at radius 1 is 0.708 bits per heavy atom. The molecule has 2 N–H and O–H groups in total. The zero-order chi connectivity index (χ0) is 18.2. The quantitative estimate of drug-likeness (QED) is 0.338. The number of hydrogen-bond acceptors (Lipinski definition) is 0. The van der Waals surface area contributed by atoms with Gasteiger partial charge in [0, 0.05) is 0 Å². The third kappa shape index (κ3) is 90.7. The summed E-state index contributed by atoms with van der Waals surface area (Å²) in [6, 6.07) is 0. The molecule has 2 rings (SSSR count). The summed E-state index contributed by atoms with van der Waals surface area (Å²) in [6.45, 7) is 9.07. The van der Waals surface area contributed by atoms with E-state index in [0.717, 1.165) is 12.8 Å². The fraction of sp³-hybridized carbons (Fsp3) is 0.500. The third-order valence-corrected chi connectivity index (χ3v) is 1.17. The second kappa shape index (κ2) is 44.1. The molecule has 0 fully saturated rings. The van der Waals surface area contributed by atoms with Gasteiger partial charge in [0.2, 0.25) is 0 Å². The van der Waals surface area contributed by atoms with Crippen molar-refractivity contribution in [2.24, 2.45) is 0 Å². The van der Waals surface area contributed by atoms with Crippen LogP contribution in [0.15, 0.2) is 36.5 Å². The van der Waals surface area contributed by atoms with E-state index in [1.54, 1.807) is 0 Å². The van der Waals surface area contributed by atoms with Gasteiger partial charge in [0.05, 0.1) is 0 Å². The normalized spacial score (nSPS) is 10.2. The zero-order valence-corrected chi connectivity index (χ0v) is 22.3. The van der Waals surface area contributed by atoms with Gasteiger partial charge in [-0.25, -0.2) is 24.3 Å². The molecule has 0 aromatic rings. The van der Waals surface area contributed by atoms with Crippen molar-refractivity contribution in [3.05, 3.63) is 60.1 Å². The van der Waals surface area contributed by atoms with Crippen molar-refractivity contribution < 1.29 is 63.2 Å². The molecule has 2 nitrogen and oxygen atoms in total. The Morgan fingerprint density at radius 3 is 0.958 bits per heavy atom. The van der Waals surface area contributed by atoms with E-state index in [-0.39, 0.29) is 37.2 Å². The Morgan fingerprint density at radius 2 is 0.917 bits per heavy atom. The minimum absolute atomic E-state index is 0. The van der Waals surface area contributed by atoms with E-state index in [1.807, 2.05) is 24.3 Å². The van der Waals surface area contributed by atoms with E-state index in [0.29, 0.717) is 0 Å². The van der Waals surface area contributed by atoms with Gasteiger partial charge < -0.3 is 36.3 Å². The molecule has 24 heavy (non-hydrogen) atoms. The maximum absolute atomic E-state index is 5.75. The molecule has 2 aliphatic rings. The summed E-state index contributed by atoms with van der Waals surface area (Å²) < 4.78 is 0. The van der Waals surface area contributed by atoms with E-state index in [9.17, 15) is 0 Å². The number of nitrogens with one attached hydrogen (secondary N) is 2. The van der Waals surface area contributed by atoms with Crippen molar-refractivity contribution >= 4 is 12.4 Å². The average Bonchev–Trinajstić information content (AvgIpc) is 3.20. The largest absolute Gasteiger partial charge is 1.00 e. The summed E-state index contributed by atoms with van der Waals surface area (Å²) in [5.74, 6) is 0. The van der Waals surface area contributed by atoms with Gasteiger partial charge >= 0.3 is 76.9 Å². The molecule has 136 valence electrons. The fourth-order valence-electron chi connectivity index (χ4n) is 0.680. The van der Waals surface area contributed by atoms with Gasteiger partial charge in [-0.05, 0) is 0 Å². The van der Waals surface area contributed by atoms with E-state index in [2.05, 4.69) is 88.8 Å². The first-order chi connectivity index (χ1) is 10.5. The van der Waals surface area contributed by atoms with Crippen LogP contribution in [0.3, 0.4) is 0 Å². The maximum atomic E-state index is 5.75. The molecule has 2 aliphatic carbocycles. The second-order valence-corrected chi connectivity index (χ2v) is 17.4. The first kappa shape index (κ1) is 40.1. The number of hydrogen-bond donors (Lipinski definition) is 0. The molecule has 0 atom stereocenters. The van der Waals surface area contributed by atoms with Gasteiger partial charge in [-0.15, -0.1) is 12.8 Å². The van der Waals surface area contributed by atoms with E-state index in [1.165, 1.54) is 14.1 Å². The van der Waals surface area contributed by atoms with Gasteiger partial charge in [0.15, 0.2) is 0 Å². The molecule has 0 aromatic carbocycles. The fourth-order valence-corrected chi connectivity index (χ4v) is 0.680. The Hall–Kier alpha value is 1.32. The van der Waals surface area contributed by atoms with Gasteiger partial charge in [-0.3, -0.25) is 12.2 Å². The molecule has 0 saturated carbocycles. The average molecular weight is 473 g/mol. The molecular formula is C16H30Cl2N2Si2Ti2-2. The molecule has 0 spiro atoms. The molecule has 0 aliphatic heterocycles. The van der Waals surface area contributed by atoms with Crippen molar-refractivity contribution in [1.29, 1.82) is 0 Å². The van der Waals surface area contributed by atoms with Crippen LogP contribution in [0.25, 0.3) is 11.5 Å². The van der Waals surface area contributed by atoms with Gasteiger partial charge in [0.1, 0.15) is 0 Å². The first-order valence-electron chi connectivity index (χ1n) is 6.93. The van der Waals surface area contributed by atoms with Crippen LogP contribution in [0.4, 0.5) is 0 Å². The van der Waals surface area contributed by atoms with Crippen LogP contribution in [-0.4, -0.2) is 26.5 Å². The van der Waals surface area contributed by atoms with Crippen molar-refractivity contribution in [3.8, 4) is 0 Å².